The summed E-state index contributed by atoms with van der Waals surface area (Å²) < 4.78 is 0. The Bertz CT molecular complexity index is 498. The Morgan fingerprint density at radius 3 is 2.67 bits per heavy atom. The van der Waals surface area contributed by atoms with Crippen molar-refractivity contribution in [2.24, 2.45) is 0 Å². The van der Waals surface area contributed by atoms with E-state index in [1.807, 2.05) is 12.2 Å². The summed E-state index contributed by atoms with van der Waals surface area (Å²) in [5.74, 6) is 0. The molecule has 0 aliphatic heterocycles. The van der Waals surface area contributed by atoms with Crippen LogP contribution in [0.25, 0.3) is 11.0 Å². The highest BCUT2D eigenvalue weighted by Gasteiger charge is 2.09. The fourth-order valence-electron chi connectivity index (χ4n) is 1.50. The number of nitrogens with one attached hydrogen (secondary N) is 1. The third-order valence-corrected chi connectivity index (χ3v) is 2.17. The highest BCUT2D eigenvalue weighted by Crippen LogP contribution is 2.16. The average molecular weight is 200 g/mol. The number of H-pyrrole nitrogens is 1. The van der Waals surface area contributed by atoms with E-state index in [0.717, 1.165) is 28.8 Å². The topological polar surface area (TPSA) is 54.5 Å². The van der Waals surface area contributed by atoms with Gasteiger partial charge in [-0.1, -0.05) is 12.2 Å². The van der Waals surface area contributed by atoms with Crippen LogP contribution in [0.1, 0.15) is 11.4 Å². The van der Waals surface area contributed by atoms with Crippen LogP contribution in [-0.2, 0) is 12.8 Å². The molecule has 0 aromatic carbocycles. The van der Waals surface area contributed by atoms with Gasteiger partial charge in [-0.3, -0.25) is 5.10 Å². The molecule has 0 bridgehead atoms. The minimum absolute atomic E-state index is 0.706. The SMILES string of the molecule is C=CCc1ncnc2c(CC=C)[nH]nc12. The normalized spacial score (nSPS) is 10.4. The van der Waals surface area contributed by atoms with Crippen LogP contribution in [0.2, 0.25) is 0 Å². The van der Waals surface area contributed by atoms with Gasteiger partial charge in [-0.25, -0.2) is 9.97 Å². The number of hydrogen-bond donors (Lipinski definition) is 1. The average Bonchev–Trinajstić information content (AvgIpc) is 2.64. The Kier molecular flexibility index (Phi) is 2.58. The first-order valence-corrected chi connectivity index (χ1v) is 4.75. The predicted octanol–water partition coefficient (Wildman–Crippen LogP) is 1.81. The summed E-state index contributed by atoms with van der Waals surface area (Å²) in [4.78, 5) is 8.40. The first kappa shape index (κ1) is 9.58. The summed E-state index contributed by atoms with van der Waals surface area (Å²) in [7, 11) is 0. The van der Waals surface area contributed by atoms with Gasteiger partial charge in [0.05, 0.1) is 11.4 Å². The summed E-state index contributed by atoms with van der Waals surface area (Å²) in [6, 6.07) is 0. The van der Waals surface area contributed by atoms with E-state index in [2.05, 4.69) is 33.3 Å². The van der Waals surface area contributed by atoms with E-state index >= 15 is 0 Å². The summed E-state index contributed by atoms with van der Waals surface area (Å²) in [5, 5.41) is 7.17. The Hall–Kier alpha value is -1.97. The molecule has 0 saturated carbocycles. The molecular formula is C11H12N4. The molecule has 76 valence electrons. The van der Waals surface area contributed by atoms with Crippen molar-refractivity contribution in [3.8, 4) is 0 Å². The van der Waals surface area contributed by atoms with E-state index in [1.54, 1.807) is 6.33 Å². The van der Waals surface area contributed by atoms with E-state index in [9.17, 15) is 0 Å². The van der Waals surface area contributed by atoms with E-state index in [4.69, 9.17) is 0 Å². The quantitative estimate of drug-likeness (QED) is 0.766. The molecule has 2 aromatic heterocycles. The Morgan fingerprint density at radius 2 is 1.93 bits per heavy atom. The fraction of sp³-hybridized carbons (Fsp3) is 0.182. The molecule has 0 saturated heterocycles. The van der Waals surface area contributed by atoms with Gasteiger partial charge in [0.15, 0.2) is 0 Å². The molecule has 0 radical (unpaired) electrons. The zero-order valence-corrected chi connectivity index (χ0v) is 8.40. The van der Waals surface area contributed by atoms with Crippen LogP contribution in [0.5, 0.6) is 0 Å². The molecule has 2 aromatic rings. The maximum Gasteiger partial charge on any atom is 0.133 e. The third kappa shape index (κ3) is 1.66. The number of nitrogens with zero attached hydrogens (tertiary/aromatic N) is 3. The van der Waals surface area contributed by atoms with Crippen molar-refractivity contribution in [1.82, 2.24) is 20.2 Å². The molecule has 0 fully saturated rings. The van der Waals surface area contributed by atoms with Gasteiger partial charge < -0.3 is 0 Å². The van der Waals surface area contributed by atoms with Gasteiger partial charge in [-0.05, 0) is 0 Å². The number of aromatic amines is 1. The molecule has 2 rings (SSSR count). The van der Waals surface area contributed by atoms with Crippen molar-refractivity contribution in [3.05, 3.63) is 43.0 Å². The fourth-order valence-corrected chi connectivity index (χ4v) is 1.50. The molecule has 4 heteroatoms. The van der Waals surface area contributed by atoms with E-state index in [-0.39, 0.29) is 0 Å². The van der Waals surface area contributed by atoms with Crippen LogP contribution in [0.3, 0.4) is 0 Å². The monoisotopic (exact) mass is 200 g/mol. The molecule has 0 atom stereocenters. The molecule has 15 heavy (non-hydrogen) atoms. The van der Waals surface area contributed by atoms with Crippen molar-refractivity contribution in [3.63, 3.8) is 0 Å². The second-order valence-corrected chi connectivity index (χ2v) is 3.21. The van der Waals surface area contributed by atoms with Gasteiger partial charge in [0.1, 0.15) is 17.4 Å². The summed E-state index contributed by atoms with van der Waals surface area (Å²) in [6.45, 7) is 7.39. The van der Waals surface area contributed by atoms with E-state index < -0.39 is 0 Å². The second kappa shape index (κ2) is 4.04. The second-order valence-electron chi connectivity index (χ2n) is 3.21. The summed E-state index contributed by atoms with van der Waals surface area (Å²) in [5.41, 5.74) is 3.59. The lowest BCUT2D eigenvalue weighted by molar-refractivity contribution is 1.02. The largest absolute Gasteiger partial charge is 0.279 e. The molecule has 1 N–H and O–H groups in total. The van der Waals surface area contributed by atoms with Crippen LogP contribution in [0, 0.1) is 0 Å². The Morgan fingerprint density at radius 1 is 1.13 bits per heavy atom. The number of allylic oxidation sites excluding steroid dienone is 2. The van der Waals surface area contributed by atoms with Crippen molar-refractivity contribution in [2.75, 3.05) is 0 Å². The number of aromatic nitrogens is 4. The van der Waals surface area contributed by atoms with Crippen molar-refractivity contribution < 1.29 is 0 Å². The third-order valence-electron chi connectivity index (χ3n) is 2.17. The Labute approximate surface area is 87.8 Å². The van der Waals surface area contributed by atoms with Crippen LogP contribution < -0.4 is 0 Å². The standard InChI is InChI=1S/C11H12N4/c1-3-5-8-11-10(13-7-12-8)9(6-4-2)14-15-11/h3-4,7H,1-2,5-6H2,(H,14,15). The summed E-state index contributed by atoms with van der Waals surface area (Å²) in [6.07, 6.45) is 6.63. The molecule has 0 unspecified atom stereocenters. The van der Waals surface area contributed by atoms with Crippen LogP contribution in [0.4, 0.5) is 0 Å². The molecule has 4 nitrogen and oxygen atoms in total. The lowest BCUT2D eigenvalue weighted by atomic mass is 10.2. The zero-order chi connectivity index (χ0) is 10.7. The zero-order valence-electron chi connectivity index (χ0n) is 8.40. The number of hydrogen-bond acceptors (Lipinski definition) is 3. The number of fused-ring (bicyclic) bond motifs is 1. The molecule has 0 amide bonds. The maximum atomic E-state index is 4.22. The van der Waals surface area contributed by atoms with Crippen LogP contribution >= 0.6 is 0 Å². The smallest absolute Gasteiger partial charge is 0.133 e. The van der Waals surface area contributed by atoms with Gasteiger partial charge in [0, 0.05) is 12.8 Å². The molecule has 0 aliphatic rings. The molecule has 0 spiro atoms. The first-order valence-electron chi connectivity index (χ1n) is 4.75. The van der Waals surface area contributed by atoms with Crippen molar-refractivity contribution >= 4 is 11.0 Å². The minimum atomic E-state index is 0.706. The van der Waals surface area contributed by atoms with Crippen molar-refractivity contribution in [1.29, 1.82) is 0 Å². The van der Waals surface area contributed by atoms with E-state index in [0.29, 0.717) is 6.42 Å². The molecule has 2 heterocycles. The first-order chi connectivity index (χ1) is 7.36. The van der Waals surface area contributed by atoms with Crippen LogP contribution in [0.15, 0.2) is 31.6 Å². The van der Waals surface area contributed by atoms with Crippen LogP contribution in [-0.4, -0.2) is 20.2 Å². The highest BCUT2D eigenvalue weighted by molar-refractivity contribution is 5.79. The lowest BCUT2D eigenvalue weighted by Gasteiger charge is -1.96. The minimum Gasteiger partial charge on any atom is -0.279 e. The number of rotatable bonds is 4. The van der Waals surface area contributed by atoms with E-state index in [1.165, 1.54) is 0 Å². The highest BCUT2D eigenvalue weighted by atomic mass is 15.1. The van der Waals surface area contributed by atoms with Gasteiger partial charge in [0.25, 0.3) is 0 Å². The Balaban J connectivity index is 2.57. The van der Waals surface area contributed by atoms with Crippen molar-refractivity contribution in [2.45, 2.75) is 12.8 Å². The van der Waals surface area contributed by atoms with Gasteiger partial charge in [0.2, 0.25) is 0 Å². The molecular weight excluding hydrogens is 188 g/mol. The lowest BCUT2D eigenvalue weighted by Crippen LogP contribution is -1.91. The summed E-state index contributed by atoms with van der Waals surface area (Å²) >= 11 is 0. The maximum absolute atomic E-state index is 4.22. The van der Waals surface area contributed by atoms with Gasteiger partial charge in [-0.2, -0.15) is 5.10 Å². The van der Waals surface area contributed by atoms with Gasteiger partial charge >= 0.3 is 0 Å². The van der Waals surface area contributed by atoms with Gasteiger partial charge in [-0.15, -0.1) is 13.2 Å². The molecule has 0 aliphatic carbocycles. The predicted molar refractivity (Wildman–Crippen MR) is 59.5 cm³/mol.